The van der Waals surface area contributed by atoms with Gasteiger partial charge in [0.05, 0.1) is 24.3 Å². The van der Waals surface area contributed by atoms with Crippen LogP contribution in [-0.4, -0.2) is 206 Å². The van der Waals surface area contributed by atoms with Gasteiger partial charge in [0.2, 0.25) is 59.1 Å². The number of halogens is 1. The number of amides is 11. The number of fused-ring (bicyclic) bond motifs is 1. The van der Waals surface area contributed by atoms with Crippen LogP contribution in [0.4, 0.5) is 0 Å². The van der Waals surface area contributed by atoms with E-state index < -0.39 is 150 Å². The molecule has 0 saturated carbocycles. The number of carbonyl (C=O) groups excluding carboxylic acids is 12. The highest BCUT2D eigenvalue weighted by molar-refractivity contribution is 6.30. The predicted octanol–water partition coefficient (Wildman–Crippen LogP) is 2.69. The summed E-state index contributed by atoms with van der Waals surface area (Å²) in [5.41, 5.74) is 18.3. The topological polar surface area (TPSA) is 503 Å². The largest absolute Gasteiger partial charge is 0.480 e. The lowest BCUT2D eigenvalue weighted by molar-refractivity contribution is -0.149. The van der Waals surface area contributed by atoms with E-state index in [1.54, 1.807) is 81.4 Å². The van der Waals surface area contributed by atoms with Crippen LogP contribution in [0.5, 0.6) is 0 Å². The third kappa shape index (κ3) is 32.0. The number of aliphatic carboxylic acids is 1. The molecule has 0 bridgehead atoms. The Morgan fingerprint density at radius 1 is 0.513 bits per heavy atom. The molecular formula is C82H110ClN17O15. The van der Waals surface area contributed by atoms with Gasteiger partial charge in [-0.15, -0.1) is 0 Å². The molecule has 33 heteroatoms. The monoisotopic (exact) mass is 1610 g/mol. The van der Waals surface area contributed by atoms with Crippen LogP contribution in [0.2, 0.25) is 5.02 Å². The fraction of sp³-hybridized carbons (Fsp3) is 0.463. The van der Waals surface area contributed by atoms with Crippen LogP contribution >= 0.6 is 11.6 Å². The average Bonchev–Trinajstić information content (AvgIpc) is 1.82. The number of likely N-dealkylation sites (tertiary alicyclic amines) is 1. The number of hydrogen-bond donors (Lipinski definition) is 15. The number of benzene rings is 3. The minimum absolute atomic E-state index is 0.0118. The first-order valence-electron chi connectivity index (χ1n) is 38.7. The van der Waals surface area contributed by atoms with Gasteiger partial charge in [-0.05, 0) is 166 Å². The van der Waals surface area contributed by atoms with Crippen molar-refractivity contribution in [2.24, 2.45) is 23.1 Å². The summed E-state index contributed by atoms with van der Waals surface area (Å²) in [6.07, 6.45) is 10.2. The zero-order valence-electron chi connectivity index (χ0n) is 65.8. The molecule has 115 heavy (non-hydrogen) atoms. The SMILES string of the molecule is CC(=O)N[C@H](Cc1ccc2ccccc2c1)C(=O)N[C@H](Cc1ccc(Cl)cc1)C(=O)N[C@H](Cc1cccnc1)C(=O)N[C@@H](CO)C(=O)N[C@@H](CCCCNC(=O)c1cccnc1)C(=O)N[C@H](CCCC(N)C(=O)c1cccnc1)C(=O)N[C@@H](CC(C)C)C(=O)N[C@@H](CCCCNC(C)C)C(=O)N1CCC[C@H]1C(=O)O.C[C@@H](N)C(N)=O. The number of aliphatic hydroxyl groups is 1. The molecule has 1 aliphatic heterocycles. The van der Waals surface area contributed by atoms with Gasteiger partial charge >= 0.3 is 5.97 Å². The van der Waals surface area contributed by atoms with E-state index in [2.05, 4.69) is 73.9 Å². The molecule has 32 nitrogen and oxygen atoms in total. The lowest BCUT2D eigenvalue weighted by Gasteiger charge is -2.30. The Morgan fingerprint density at radius 2 is 0.991 bits per heavy atom. The zero-order valence-corrected chi connectivity index (χ0v) is 66.6. The second-order valence-electron chi connectivity index (χ2n) is 29.2. The maximum atomic E-state index is 15.1. The van der Waals surface area contributed by atoms with E-state index in [9.17, 15) is 63.0 Å². The molecule has 11 atom stereocenters. The molecule has 0 aliphatic carbocycles. The Balaban J connectivity index is 0.00000329. The number of carboxylic acid groups (broad SMARTS) is 1. The Morgan fingerprint density at radius 3 is 1.54 bits per heavy atom. The maximum Gasteiger partial charge on any atom is 0.326 e. The van der Waals surface area contributed by atoms with Crippen LogP contribution in [0, 0.1) is 5.92 Å². The molecule has 620 valence electrons. The van der Waals surface area contributed by atoms with Gasteiger partial charge in [0.1, 0.15) is 54.4 Å². The van der Waals surface area contributed by atoms with Crippen LogP contribution in [-0.2, 0) is 72.0 Å². The van der Waals surface area contributed by atoms with Crippen LogP contribution < -0.4 is 70.4 Å². The Labute approximate surface area is 674 Å². The predicted molar refractivity (Wildman–Crippen MR) is 431 cm³/mol. The molecule has 3 aromatic heterocycles. The van der Waals surface area contributed by atoms with E-state index in [0.717, 1.165) is 10.8 Å². The maximum absolute atomic E-state index is 15.1. The summed E-state index contributed by atoms with van der Waals surface area (Å²) in [5.74, 6) is -10.2. The summed E-state index contributed by atoms with van der Waals surface area (Å²) >= 11 is 6.26. The Bertz CT molecular complexity index is 4210. The number of carboxylic acids is 1. The number of unbranched alkanes of at least 4 members (excludes halogenated alkanes) is 2. The van der Waals surface area contributed by atoms with Crippen LogP contribution in [0.15, 0.2) is 140 Å². The number of aliphatic hydroxyl groups excluding tert-OH is 1. The molecule has 6 aromatic rings. The first-order valence-corrected chi connectivity index (χ1v) is 39.1. The van der Waals surface area contributed by atoms with Crippen molar-refractivity contribution < 1.29 is 72.5 Å². The molecule has 1 saturated heterocycles. The second kappa shape index (κ2) is 48.1. The summed E-state index contributed by atoms with van der Waals surface area (Å²) in [6, 6.07) is 15.1. The number of ketones is 1. The van der Waals surface area contributed by atoms with Crippen molar-refractivity contribution in [2.45, 2.75) is 210 Å². The van der Waals surface area contributed by atoms with E-state index in [0.29, 0.717) is 47.5 Å². The van der Waals surface area contributed by atoms with Crippen molar-refractivity contribution in [1.29, 1.82) is 0 Å². The van der Waals surface area contributed by atoms with Crippen LogP contribution in [0.1, 0.15) is 156 Å². The van der Waals surface area contributed by atoms with E-state index in [1.807, 2.05) is 56.3 Å². The third-order valence-corrected chi connectivity index (χ3v) is 19.2. The minimum Gasteiger partial charge on any atom is -0.480 e. The van der Waals surface area contributed by atoms with Gasteiger partial charge in [-0.2, -0.15) is 0 Å². The summed E-state index contributed by atoms with van der Waals surface area (Å²) in [7, 11) is 0. The van der Waals surface area contributed by atoms with Crippen LogP contribution in [0.3, 0.4) is 0 Å². The van der Waals surface area contributed by atoms with E-state index in [1.165, 1.54) is 49.0 Å². The van der Waals surface area contributed by atoms with Crippen molar-refractivity contribution in [1.82, 2.24) is 73.0 Å². The van der Waals surface area contributed by atoms with E-state index >= 15 is 9.59 Å². The molecule has 1 fully saturated rings. The summed E-state index contributed by atoms with van der Waals surface area (Å²) in [5, 5.41) is 51.2. The molecular weight excluding hydrogens is 1500 g/mol. The van der Waals surface area contributed by atoms with Gasteiger partial charge < -0.3 is 85.5 Å². The number of nitrogens with two attached hydrogens (primary N) is 3. The highest BCUT2D eigenvalue weighted by Gasteiger charge is 2.40. The number of rotatable bonds is 45. The van der Waals surface area contributed by atoms with E-state index in [4.69, 9.17) is 23.1 Å². The fourth-order valence-corrected chi connectivity index (χ4v) is 12.8. The molecule has 4 heterocycles. The standard InChI is InChI=1S/C79H102ClN15O14.C3H8N2O/c1-48(2)39-63(73(102)90-62(24-9-10-36-85-49(3)4)78(107)95-38-16-26-68(95)79(108)109)91-72(101)61(25-12-22-59(81)69(98)56-20-14-34-83-45-56)88-71(100)60(23-8-11-37-86-70(99)57-21-15-35-84-46-57)89-77(106)67(47-96)94-76(105)66(43-53-17-13-33-82-44-53)93-75(104)65(41-51-28-31-58(80)32-29-51)92-74(103)64(87-50(5)97)42-52-27-30-54-18-6-7-19-55(54)40-52;1-2(4)3(5)6/h6-7,13-15,17-21,27-35,40,44-46,48-49,59-68,85,96H,8-12,16,22-26,36-39,41-43,47,81H2,1-5H3,(H,86,99)(H,87,97)(H,88,100)(H,89,106)(H,90,102)(H,91,101)(H,92,103)(H,93,104)(H,94,105)(H,108,109);2H,4H2,1H3,(H2,5,6)/t59?,60-,61+,62-,63-,64+,65+,66+,67-,68-;2-/m01/s1. The highest BCUT2D eigenvalue weighted by Crippen LogP contribution is 2.23. The molecule has 0 radical (unpaired) electrons. The number of pyridine rings is 3. The molecule has 3 aromatic carbocycles. The number of carbonyl (C=O) groups is 13. The van der Waals surface area contributed by atoms with Crippen LogP contribution in [0.25, 0.3) is 10.8 Å². The fourth-order valence-electron chi connectivity index (χ4n) is 12.7. The van der Waals surface area contributed by atoms with Gasteiger partial charge in [-0.1, -0.05) is 100.0 Å². The first-order chi connectivity index (χ1) is 54.9. The third-order valence-electron chi connectivity index (χ3n) is 18.9. The number of aromatic nitrogens is 3. The number of Topliss-reactive ketones (excluding diaryl/α,β-unsaturated/α-hetero) is 1. The van der Waals surface area contributed by atoms with Gasteiger partial charge in [0, 0.05) is 93.1 Å². The van der Waals surface area contributed by atoms with Gasteiger partial charge in [-0.3, -0.25) is 72.5 Å². The molecule has 7 rings (SSSR count). The molecule has 11 amide bonds. The smallest absolute Gasteiger partial charge is 0.326 e. The number of hydrogen-bond acceptors (Lipinski definition) is 20. The zero-order chi connectivity index (χ0) is 84.1. The summed E-state index contributed by atoms with van der Waals surface area (Å²) < 4.78 is 0. The molecule has 18 N–H and O–H groups in total. The summed E-state index contributed by atoms with van der Waals surface area (Å²) in [6.45, 7) is 10.2. The number of nitrogens with zero attached hydrogens (tertiary/aromatic N) is 4. The van der Waals surface area contributed by atoms with Gasteiger partial charge in [0.25, 0.3) is 5.91 Å². The highest BCUT2D eigenvalue weighted by atomic mass is 35.5. The minimum atomic E-state index is -1.84. The van der Waals surface area contributed by atoms with Crippen molar-refractivity contribution in [2.75, 3.05) is 26.2 Å². The van der Waals surface area contributed by atoms with E-state index in [-0.39, 0.29) is 113 Å². The summed E-state index contributed by atoms with van der Waals surface area (Å²) in [4.78, 5) is 193. The molecule has 0 spiro atoms. The molecule has 1 unspecified atom stereocenters. The van der Waals surface area contributed by atoms with Crippen molar-refractivity contribution >= 4 is 99.1 Å². The van der Waals surface area contributed by atoms with Crippen molar-refractivity contribution in [3.05, 3.63) is 173 Å². The first kappa shape index (κ1) is 92.7. The lowest BCUT2D eigenvalue weighted by Crippen LogP contribution is -2.61. The van der Waals surface area contributed by atoms with Crippen molar-refractivity contribution in [3.63, 3.8) is 0 Å². The second-order valence-corrected chi connectivity index (χ2v) is 29.7. The molecule has 1 aliphatic rings. The Kier molecular flexibility index (Phi) is 38.8. The quantitative estimate of drug-likeness (QED) is 0.0193. The normalized spacial score (nSPS) is 15.1. The van der Waals surface area contributed by atoms with Crippen molar-refractivity contribution in [3.8, 4) is 0 Å². The average molecular weight is 1610 g/mol. The van der Waals surface area contributed by atoms with Gasteiger partial charge in [0.15, 0.2) is 5.78 Å². The lowest BCUT2D eigenvalue weighted by atomic mass is 9.98. The van der Waals surface area contributed by atoms with Gasteiger partial charge in [-0.25, -0.2) is 4.79 Å². The number of primary amides is 1. The number of nitrogens with one attached hydrogen (secondary N) is 10. The Hall–Kier alpha value is -11.2.